The number of likely N-dealkylation sites (N-methyl/N-ethyl adjacent to an activating group) is 1. The molecule has 0 spiro atoms. The van der Waals surface area contributed by atoms with E-state index in [1.54, 1.807) is 0 Å². The first-order valence-corrected chi connectivity index (χ1v) is 8.89. The summed E-state index contributed by atoms with van der Waals surface area (Å²) < 4.78 is 5.78. The molecule has 0 amide bonds. The highest BCUT2D eigenvalue weighted by molar-refractivity contribution is 6.05. The van der Waals surface area contributed by atoms with E-state index in [1.807, 2.05) is 18.2 Å². The van der Waals surface area contributed by atoms with Crippen LogP contribution in [0.4, 0.5) is 0 Å². The molecule has 2 heterocycles. The predicted molar refractivity (Wildman–Crippen MR) is 117 cm³/mol. The maximum absolute atomic E-state index is 12.7. The minimum absolute atomic E-state index is 0. The molecule has 3 aromatic rings. The number of fused-ring (bicyclic) bond motifs is 5. The molecule has 0 fully saturated rings. The van der Waals surface area contributed by atoms with Crippen molar-refractivity contribution in [1.82, 2.24) is 9.80 Å². The Hall–Kier alpha value is -1.59. The number of hydrogen-bond donors (Lipinski definition) is 0. The highest BCUT2D eigenvalue weighted by atomic mass is 35.5. The van der Waals surface area contributed by atoms with Crippen LogP contribution in [0.3, 0.4) is 0 Å². The van der Waals surface area contributed by atoms with E-state index in [0.717, 1.165) is 46.8 Å². The third-order valence-electron chi connectivity index (χ3n) is 5.47. The fourth-order valence-corrected chi connectivity index (χ4v) is 3.74. The summed E-state index contributed by atoms with van der Waals surface area (Å²) >= 11 is 0. The average molecular weight is 409 g/mol. The topological polar surface area (TPSA) is 36.7 Å². The maximum Gasteiger partial charge on any atom is 0.341 e. The highest BCUT2D eigenvalue weighted by Gasteiger charge is 2.24. The van der Waals surface area contributed by atoms with Gasteiger partial charge in [-0.25, -0.2) is 4.79 Å². The Bertz CT molecular complexity index is 1000. The summed E-state index contributed by atoms with van der Waals surface area (Å²) in [6.45, 7) is 4.83. The smallest absolute Gasteiger partial charge is 0.341 e. The molecule has 4 nitrogen and oxygen atoms in total. The zero-order chi connectivity index (χ0) is 17.6. The van der Waals surface area contributed by atoms with E-state index in [2.05, 4.69) is 49.0 Å². The van der Waals surface area contributed by atoms with Crippen molar-refractivity contribution >= 4 is 46.6 Å². The van der Waals surface area contributed by atoms with Crippen LogP contribution in [0.15, 0.2) is 45.6 Å². The SMILES string of the molecule is CC(CN1CCc2c(c(=O)oc3c2ccc2ccccc23)C1)N(C)C.Cl.Cl. The lowest BCUT2D eigenvalue weighted by Crippen LogP contribution is -2.42. The highest BCUT2D eigenvalue weighted by Crippen LogP contribution is 2.30. The summed E-state index contributed by atoms with van der Waals surface area (Å²) in [7, 11) is 4.19. The molecular formula is C21H26Cl2N2O2. The van der Waals surface area contributed by atoms with Gasteiger partial charge in [0.15, 0.2) is 0 Å². The molecule has 0 N–H and O–H groups in total. The monoisotopic (exact) mass is 408 g/mol. The second kappa shape index (κ2) is 8.61. The number of benzene rings is 2. The van der Waals surface area contributed by atoms with E-state index < -0.39 is 0 Å². The molecule has 0 saturated carbocycles. The van der Waals surface area contributed by atoms with Crippen LogP contribution in [0.25, 0.3) is 21.7 Å². The van der Waals surface area contributed by atoms with Gasteiger partial charge in [-0.15, -0.1) is 24.8 Å². The lowest BCUT2D eigenvalue weighted by Gasteiger charge is -2.32. The fourth-order valence-electron chi connectivity index (χ4n) is 3.74. The van der Waals surface area contributed by atoms with Crippen LogP contribution in [0.2, 0.25) is 0 Å². The zero-order valence-corrected chi connectivity index (χ0v) is 17.5. The van der Waals surface area contributed by atoms with E-state index >= 15 is 0 Å². The third-order valence-corrected chi connectivity index (χ3v) is 5.47. The van der Waals surface area contributed by atoms with Crippen LogP contribution < -0.4 is 5.63 Å². The molecule has 1 unspecified atom stereocenters. The van der Waals surface area contributed by atoms with Gasteiger partial charge in [0.1, 0.15) is 5.58 Å². The van der Waals surface area contributed by atoms with Gasteiger partial charge in [0.05, 0.1) is 5.56 Å². The van der Waals surface area contributed by atoms with E-state index in [-0.39, 0.29) is 30.4 Å². The third kappa shape index (κ3) is 3.99. The van der Waals surface area contributed by atoms with Crippen molar-refractivity contribution in [2.75, 3.05) is 27.2 Å². The Morgan fingerprint density at radius 3 is 2.56 bits per heavy atom. The van der Waals surface area contributed by atoms with Gasteiger partial charge in [0.2, 0.25) is 0 Å². The molecule has 4 rings (SSSR count). The molecule has 0 radical (unpaired) electrons. The first kappa shape index (κ1) is 21.7. The first-order valence-electron chi connectivity index (χ1n) is 8.89. The second-order valence-corrected chi connectivity index (χ2v) is 7.31. The second-order valence-electron chi connectivity index (χ2n) is 7.31. The van der Waals surface area contributed by atoms with Gasteiger partial charge in [0, 0.05) is 36.4 Å². The quantitative estimate of drug-likeness (QED) is 0.482. The Morgan fingerprint density at radius 1 is 1.07 bits per heavy atom. The Balaban J connectivity index is 0.00000131. The summed E-state index contributed by atoms with van der Waals surface area (Å²) in [5.41, 5.74) is 2.56. The molecule has 1 aliphatic rings. The summed E-state index contributed by atoms with van der Waals surface area (Å²) in [6, 6.07) is 12.8. The number of halogens is 2. The molecule has 1 atom stereocenters. The minimum atomic E-state index is -0.180. The van der Waals surface area contributed by atoms with Crippen molar-refractivity contribution in [2.24, 2.45) is 0 Å². The van der Waals surface area contributed by atoms with Crippen molar-refractivity contribution in [3.8, 4) is 0 Å². The molecule has 0 aliphatic carbocycles. The standard InChI is InChI=1S/C21H24N2O2.2ClH/c1-14(22(2)3)12-23-11-10-17-18-9-8-15-6-4-5-7-16(15)20(18)25-21(24)19(17)13-23;;/h4-9,14H,10-13H2,1-3H3;2*1H. The Morgan fingerprint density at radius 2 is 1.81 bits per heavy atom. The van der Waals surface area contributed by atoms with Gasteiger partial charge in [-0.2, -0.15) is 0 Å². The van der Waals surface area contributed by atoms with E-state index in [0.29, 0.717) is 12.6 Å². The largest absolute Gasteiger partial charge is 0.422 e. The number of hydrogen-bond acceptors (Lipinski definition) is 4. The van der Waals surface area contributed by atoms with Crippen molar-refractivity contribution in [3.05, 3.63) is 57.9 Å². The average Bonchev–Trinajstić information content (AvgIpc) is 2.62. The lowest BCUT2D eigenvalue weighted by molar-refractivity contribution is 0.179. The first-order chi connectivity index (χ1) is 12.0. The summed E-state index contributed by atoms with van der Waals surface area (Å²) in [5, 5.41) is 3.22. The summed E-state index contributed by atoms with van der Waals surface area (Å²) in [5.74, 6) is 0. The minimum Gasteiger partial charge on any atom is -0.422 e. The van der Waals surface area contributed by atoms with Gasteiger partial charge in [0.25, 0.3) is 0 Å². The van der Waals surface area contributed by atoms with Crippen LogP contribution in [0.5, 0.6) is 0 Å². The van der Waals surface area contributed by atoms with Crippen LogP contribution in [-0.2, 0) is 13.0 Å². The number of nitrogens with zero attached hydrogens (tertiary/aromatic N) is 2. The molecule has 0 bridgehead atoms. The Kier molecular flexibility index (Phi) is 6.92. The van der Waals surface area contributed by atoms with Gasteiger partial charge in [-0.3, -0.25) is 4.90 Å². The van der Waals surface area contributed by atoms with Crippen LogP contribution in [0, 0.1) is 0 Å². The van der Waals surface area contributed by atoms with Crippen molar-refractivity contribution < 1.29 is 4.42 Å². The number of rotatable bonds is 3. The van der Waals surface area contributed by atoms with E-state index in [4.69, 9.17) is 4.42 Å². The predicted octanol–water partition coefficient (Wildman–Crippen LogP) is 4.10. The molecule has 1 aromatic heterocycles. The van der Waals surface area contributed by atoms with Gasteiger partial charge in [-0.1, -0.05) is 36.4 Å². The molecule has 0 saturated heterocycles. The molecule has 146 valence electrons. The van der Waals surface area contributed by atoms with Gasteiger partial charge in [-0.05, 0) is 38.4 Å². The van der Waals surface area contributed by atoms with Crippen molar-refractivity contribution in [2.45, 2.75) is 25.9 Å². The maximum atomic E-state index is 12.7. The molecule has 1 aliphatic heterocycles. The lowest BCUT2D eigenvalue weighted by atomic mass is 9.95. The van der Waals surface area contributed by atoms with Crippen LogP contribution in [-0.4, -0.2) is 43.0 Å². The zero-order valence-electron chi connectivity index (χ0n) is 15.9. The van der Waals surface area contributed by atoms with Gasteiger partial charge < -0.3 is 9.32 Å². The van der Waals surface area contributed by atoms with Gasteiger partial charge >= 0.3 is 5.63 Å². The van der Waals surface area contributed by atoms with Crippen LogP contribution >= 0.6 is 24.8 Å². The van der Waals surface area contributed by atoms with Crippen molar-refractivity contribution in [1.29, 1.82) is 0 Å². The van der Waals surface area contributed by atoms with Crippen molar-refractivity contribution in [3.63, 3.8) is 0 Å². The Labute approximate surface area is 172 Å². The molecular weight excluding hydrogens is 383 g/mol. The molecule has 2 aromatic carbocycles. The fraction of sp³-hybridized carbons (Fsp3) is 0.381. The normalized spacial score (nSPS) is 15.3. The summed E-state index contributed by atoms with van der Waals surface area (Å²) in [6.07, 6.45) is 0.899. The molecule has 6 heteroatoms. The van der Waals surface area contributed by atoms with E-state index in [9.17, 15) is 4.79 Å². The molecule has 27 heavy (non-hydrogen) atoms. The van der Waals surface area contributed by atoms with E-state index in [1.165, 1.54) is 5.56 Å². The summed E-state index contributed by atoms with van der Waals surface area (Å²) in [4.78, 5) is 17.3. The van der Waals surface area contributed by atoms with Crippen LogP contribution in [0.1, 0.15) is 18.1 Å².